The van der Waals surface area contributed by atoms with Crippen molar-refractivity contribution in [3.63, 3.8) is 0 Å². The molecular weight excluding hydrogens is 150 g/mol. The second-order valence-corrected chi connectivity index (χ2v) is 3.60. The Morgan fingerprint density at radius 1 is 1.27 bits per heavy atom. The van der Waals surface area contributed by atoms with Gasteiger partial charge in [0.25, 0.3) is 0 Å². The van der Waals surface area contributed by atoms with Crippen LogP contribution in [0.4, 0.5) is 0 Å². The van der Waals surface area contributed by atoms with Crippen LogP contribution in [-0.2, 0) is 0 Å². The fraction of sp³-hybridized carbons (Fsp3) is 0.333. The first kappa shape index (κ1) is 8.49. The zero-order valence-electron chi connectivity index (χ0n) is 6.80. The Balaban J connectivity index is 2.28. The molecule has 0 aromatic heterocycles. The van der Waals surface area contributed by atoms with Gasteiger partial charge in [-0.15, -0.1) is 0 Å². The van der Waals surface area contributed by atoms with Gasteiger partial charge >= 0.3 is 0 Å². The third kappa shape index (κ3) is 3.35. The van der Waals surface area contributed by atoms with E-state index in [1.807, 2.05) is 6.07 Å². The minimum absolute atomic E-state index is 0.761. The molecule has 0 fully saturated rings. The monoisotopic (exact) mass is 163 g/mol. The molecule has 0 aliphatic heterocycles. The molecule has 1 N–H and O–H groups in total. The van der Waals surface area contributed by atoms with Crippen molar-refractivity contribution in [2.24, 2.45) is 0 Å². The normalized spacial score (nSPS) is 9.91. The second-order valence-electron chi connectivity index (χ2n) is 2.42. The molecule has 0 saturated carbocycles. The Morgan fingerprint density at radius 3 is 2.64 bits per heavy atom. The average Bonchev–Trinajstić information content (AvgIpc) is 2.07. The van der Waals surface area contributed by atoms with Crippen molar-refractivity contribution in [2.45, 2.75) is 13.3 Å². The highest BCUT2D eigenvalue weighted by Crippen LogP contribution is 1.79. The molecule has 0 saturated heterocycles. The molecule has 1 aromatic carbocycles. The van der Waals surface area contributed by atoms with Crippen LogP contribution in [0, 0.1) is 0 Å². The summed E-state index contributed by atoms with van der Waals surface area (Å²) in [4.78, 5) is 3.38. The summed E-state index contributed by atoms with van der Waals surface area (Å²) in [5.41, 5.74) is 0. The second kappa shape index (κ2) is 5.10. The van der Waals surface area contributed by atoms with Crippen molar-refractivity contribution in [1.29, 1.82) is 0 Å². The standard InChI is InChI=1S/C9H13NSi/c1-2-8-10-11-9-6-4-3-5-7-9/h3-7,10H,2,8H2,1H3. The highest BCUT2D eigenvalue weighted by molar-refractivity contribution is 6.50. The molecule has 1 aromatic rings. The Morgan fingerprint density at radius 2 is 2.00 bits per heavy atom. The summed E-state index contributed by atoms with van der Waals surface area (Å²) in [6.07, 6.45) is 1.21. The van der Waals surface area contributed by atoms with Crippen LogP contribution in [0.15, 0.2) is 30.3 Å². The Bertz CT molecular complexity index is 186. The highest BCUT2D eigenvalue weighted by Gasteiger charge is 1.90. The maximum Gasteiger partial charge on any atom is 0.179 e. The minimum Gasteiger partial charge on any atom is -0.335 e. The zero-order valence-corrected chi connectivity index (χ0v) is 7.80. The largest absolute Gasteiger partial charge is 0.335 e. The average molecular weight is 163 g/mol. The topological polar surface area (TPSA) is 12.0 Å². The first-order valence-corrected chi connectivity index (χ1v) is 4.97. The lowest BCUT2D eigenvalue weighted by molar-refractivity contribution is 0.864. The van der Waals surface area contributed by atoms with Crippen LogP contribution in [-0.4, -0.2) is 16.2 Å². The summed E-state index contributed by atoms with van der Waals surface area (Å²) in [5.74, 6) is 0. The first-order chi connectivity index (χ1) is 5.43. The van der Waals surface area contributed by atoms with Crippen LogP contribution >= 0.6 is 0 Å². The summed E-state index contributed by atoms with van der Waals surface area (Å²) in [7, 11) is 0.761. The van der Waals surface area contributed by atoms with Gasteiger partial charge in [-0.25, -0.2) is 0 Å². The molecule has 0 heterocycles. The molecule has 2 heteroatoms. The van der Waals surface area contributed by atoms with Gasteiger partial charge in [0.1, 0.15) is 0 Å². The molecule has 58 valence electrons. The van der Waals surface area contributed by atoms with Crippen molar-refractivity contribution >= 4 is 14.9 Å². The minimum atomic E-state index is 0.761. The van der Waals surface area contributed by atoms with E-state index in [-0.39, 0.29) is 0 Å². The molecule has 0 amide bonds. The van der Waals surface area contributed by atoms with E-state index in [2.05, 4.69) is 36.2 Å². The SMILES string of the molecule is CCCN[Si]c1ccccc1. The van der Waals surface area contributed by atoms with E-state index in [9.17, 15) is 0 Å². The molecule has 0 unspecified atom stereocenters. The van der Waals surface area contributed by atoms with Crippen LogP contribution in [0.1, 0.15) is 13.3 Å². The van der Waals surface area contributed by atoms with Gasteiger partial charge in [0.05, 0.1) is 0 Å². The van der Waals surface area contributed by atoms with Crippen LogP contribution in [0.2, 0.25) is 0 Å². The molecular formula is C9H13NSi. The maximum absolute atomic E-state index is 3.38. The van der Waals surface area contributed by atoms with Gasteiger partial charge in [0, 0.05) is 0 Å². The highest BCUT2D eigenvalue weighted by atomic mass is 28.2. The van der Waals surface area contributed by atoms with Gasteiger partial charge in [-0.2, -0.15) is 0 Å². The zero-order chi connectivity index (χ0) is 7.94. The quantitative estimate of drug-likeness (QED) is 0.514. The van der Waals surface area contributed by atoms with Gasteiger partial charge in [0.2, 0.25) is 0 Å². The van der Waals surface area contributed by atoms with Crippen molar-refractivity contribution in [1.82, 2.24) is 4.98 Å². The van der Waals surface area contributed by atoms with Gasteiger partial charge in [0.15, 0.2) is 9.68 Å². The Hall–Kier alpha value is -0.603. The lowest BCUT2D eigenvalue weighted by atomic mass is 10.4. The smallest absolute Gasteiger partial charge is 0.179 e. The lowest BCUT2D eigenvalue weighted by Crippen LogP contribution is -2.30. The molecule has 0 aliphatic carbocycles. The summed E-state index contributed by atoms with van der Waals surface area (Å²) in [6, 6.07) is 10.5. The molecule has 2 radical (unpaired) electrons. The third-order valence-corrected chi connectivity index (χ3v) is 2.43. The summed E-state index contributed by atoms with van der Waals surface area (Å²) < 4.78 is 0. The number of hydrogen-bond acceptors (Lipinski definition) is 1. The van der Waals surface area contributed by atoms with E-state index >= 15 is 0 Å². The Kier molecular flexibility index (Phi) is 3.94. The maximum atomic E-state index is 3.38. The van der Waals surface area contributed by atoms with E-state index in [0.717, 1.165) is 16.2 Å². The molecule has 0 spiro atoms. The van der Waals surface area contributed by atoms with Crippen LogP contribution in [0.5, 0.6) is 0 Å². The molecule has 0 bridgehead atoms. The van der Waals surface area contributed by atoms with E-state index < -0.39 is 0 Å². The van der Waals surface area contributed by atoms with Crippen LogP contribution in [0.25, 0.3) is 0 Å². The summed E-state index contributed by atoms with van der Waals surface area (Å²) in [5, 5.41) is 1.39. The molecule has 0 aliphatic rings. The van der Waals surface area contributed by atoms with E-state index in [1.54, 1.807) is 0 Å². The van der Waals surface area contributed by atoms with Gasteiger partial charge in [-0.05, 0) is 18.2 Å². The van der Waals surface area contributed by atoms with E-state index in [0.29, 0.717) is 0 Å². The molecule has 0 atom stereocenters. The Labute approximate surface area is 70.7 Å². The van der Waals surface area contributed by atoms with Gasteiger partial charge in [-0.1, -0.05) is 37.3 Å². The van der Waals surface area contributed by atoms with Crippen LogP contribution < -0.4 is 10.2 Å². The van der Waals surface area contributed by atoms with Crippen molar-refractivity contribution in [2.75, 3.05) is 6.54 Å². The number of rotatable bonds is 4. The fourth-order valence-corrected chi connectivity index (χ4v) is 1.75. The van der Waals surface area contributed by atoms with Gasteiger partial charge < -0.3 is 4.98 Å². The number of nitrogens with one attached hydrogen (secondary N) is 1. The molecule has 1 rings (SSSR count). The van der Waals surface area contributed by atoms with E-state index in [4.69, 9.17) is 0 Å². The fourth-order valence-electron chi connectivity index (χ4n) is 0.811. The first-order valence-electron chi connectivity index (χ1n) is 3.97. The number of hydrogen-bond donors (Lipinski definition) is 1. The van der Waals surface area contributed by atoms with Crippen molar-refractivity contribution in [3.05, 3.63) is 30.3 Å². The van der Waals surface area contributed by atoms with Crippen LogP contribution in [0.3, 0.4) is 0 Å². The summed E-state index contributed by atoms with van der Waals surface area (Å²) in [6.45, 7) is 3.30. The van der Waals surface area contributed by atoms with Gasteiger partial charge in [-0.3, -0.25) is 0 Å². The predicted molar refractivity (Wildman–Crippen MR) is 50.1 cm³/mol. The van der Waals surface area contributed by atoms with Crippen molar-refractivity contribution < 1.29 is 0 Å². The van der Waals surface area contributed by atoms with Crippen molar-refractivity contribution in [3.8, 4) is 0 Å². The predicted octanol–water partition coefficient (Wildman–Crippen LogP) is 0.931. The lowest BCUT2D eigenvalue weighted by Gasteiger charge is -1.99. The molecule has 11 heavy (non-hydrogen) atoms. The number of benzene rings is 1. The summed E-state index contributed by atoms with van der Waals surface area (Å²) >= 11 is 0. The third-order valence-electron chi connectivity index (χ3n) is 1.38. The molecule has 1 nitrogen and oxygen atoms in total. The van der Waals surface area contributed by atoms with E-state index in [1.165, 1.54) is 11.6 Å².